The lowest BCUT2D eigenvalue weighted by Crippen LogP contribution is -2.39. The van der Waals surface area contributed by atoms with E-state index in [1.165, 1.54) is 25.7 Å². The molecule has 72 valence electrons. The molecule has 1 nitrogen and oxygen atoms in total. The lowest BCUT2D eigenvalue weighted by atomic mass is 10.0. The van der Waals surface area contributed by atoms with Crippen LogP contribution in [0.15, 0.2) is 0 Å². The second kappa shape index (κ2) is 5.08. The van der Waals surface area contributed by atoms with Gasteiger partial charge >= 0.3 is 0 Å². The van der Waals surface area contributed by atoms with Gasteiger partial charge in [-0.2, -0.15) is 0 Å². The van der Waals surface area contributed by atoms with Gasteiger partial charge < -0.3 is 5.32 Å². The minimum absolute atomic E-state index is 0.575. The monoisotopic (exact) mass is 189 g/mol. The molecule has 0 spiro atoms. The van der Waals surface area contributed by atoms with Gasteiger partial charge in [0.1, 0.15) is 0 Å². The van der Waals surface area contributed by atoms with Crippen molar-refractivity contribution < 1.29 is 0 Å². The smallest absolute Gasteiger partial charge is 0.0263 e. The highest BCUT2D eigenvalue weighted by atomic mass is 35.5. The van der Waals surface area contributed by atoms with Gasteiger partial charge in [-0.15, -0.1) is 11.6 Å². The Labute approximate surface area is 80.9 Å². The van der Waals surface area contributed by atoms with Crippen LogP contribution in [0.3, 0.4) is 0 Å². The molecule has 1 aliphatic carbocycles. The molecule has 0 aromatic rings. The first kappa shape index (κ1) is 10.3. The minimum Gasteiger partial charge on any atom is -0.311 e. The zero-order chi connectivity index (χ0) is 8.97. The SMILES string of the molecule is CC(CCl)C(C)NC1CCCC1. The van der Waals surface area contributed by atoms with Crippen LogP contribution in [0.4, 0.5) is 0 Å². The lowest BCUT2D eigenvalue weighted by Gasteiger charge is -2.23. The fraction of sp³-hybridized carbons (Fsp3) is 1.00. The predicted octanol–water partition coefficient (Wildman–Crippen LogP) is 2.78. The maximum atomic E-state index is 5.79. The van der Waals surface area contributed by atoms with Gasteiger partial charge in [0.05, 0.1) is 0 Å². The third kappa shape index (κ3) is 2.95. The molecule has 0 amide bonds. The Kier molecular flexibility index (Phi) is 4.38. The van der Waals surface area contributed by atoms with Gasteiger partial charge in [0, 0.05) is 18.0 Å². The average molecular weight is 190 g/mol. The Morgan fingerprint density at radius 2 is 1.92 bits per heavy atom. The Hall–Kier alpha value is 0.250. The van der Waals surface area contributed by atoms with Crippen LogP contribution in [0.25, 0.3) is 0 Å². The molecule has 1 fully saturated rings. The molecule has 0 radical (unpaired) electrons. The molecule has 2 unspecified atom stereocenters. The zero-order valence-electron chi connectivity index (χ0n) is 8.15. The van der Waals surface area contributed by atoms with Gasteiger partial charge in [-0.25, -0.2) is 0 Å². The minimum atomic E-state index is 0.575. The molecular weight excluding hydrogens is 170 g/mol. The van der Waals surface area contributed by atoms with Crippen molar-refractivity contribution in [2.75, 3.05) is 5.88 Å². The van der Waals surface area contributed by atoms with E-state index in [1.54, 1.807) is 0 Å². The number of rotatable bonds is 4. The first-order chi connectivity index (χ1) is 5.74. The molecule has 1 N–H and O–H groups in total. The van der Waals surface area contributed by atoms with Gasteiger partial charge in [-0.1, -0.05) is 19.8 Å². The van der Waals surface area contributed by atoms with E-state index in [0.717, 1.165) is 11.9 Å². The highest BCUT2D eigenvalue weighted by molar-refractivity contribution is 6.18. The summed E-state index contributed by atoms with van der Waals surface area (Å²) < 4.78 is 0. The van der Waals surface area contributed by atoms with E-state index < -0.39 is 0 Å². The predicted molar refractivity (Wildman–Crippen MR) is 54.7 cm³/mol. The summed E-state index contributed by atoms with van der Waals surface area (Å²) in [6.45, 7) is 4.45. The van der Waals surface area contributed by atoms with Crippen LogP contribution in [-0.2, 0) is 0 Å². The van der Waals surface area contributed by atoms with Gasteiger partial charge in [0.15, 0.2) is 0 Å². The van der Waals surface area contributed by atoms with Gasteiger partial charge in [0.2, 0.25) is 0 Å². The number of alkyl halides is 1. The highest BCUT2D eigenvalue weighted by Gasteiger charge is 2.19. The fourth-order valence-electron chi connectivity index (χ4n) is 1.76. The lowest BCUT2D eigenvalue weighted by molar-refractivity contribution is 0.376. The summed E-state index contributed by atoms with van der Waals surface area (Å²) in [5.41, 5.74) is 0. The van der Waals surface area contributed by atoms with Crippen molar-refractivity contribution in [3.05, 3.63) is 0 Å². The second-order valence-corrected chi connectivity index (χ2v) is 4.38. The molecule has 12 heavy (non-hydrogen) atoms. The molecule has 0 aliphatic heterocycles. The Balaban J connectivity index is 2.19. The summed E-state index contributed by atoms with van der Waals surface area (Å²) in [4.78, 5) is 0. The maximum Gasteiger partial charge on any atom is 0.0263 e. The van der Waals surface area contributed by atoms with Gasteiger partial charge in [-0.05, 0) is 25.7 Å². The Morgan fingerprint density at radius 1 is 1.33 bits per heavy atom. The molecule has 2 heteroatoms. The highest BCUT2D eigenvalue weighted by Crippen LogP contribution is 2.19. The van der Waals surface area contributed by atoms with Crippen molar-refractivity contribution in [1.82, 2.24) is 5.32 Å². The largest absolute Gasteiger partial charge is 0.311 e. The molecule has 1 saturated carbocycles. The molecule has 0 heterocycles. The van der Waals surface area contributed by atoms with Gasteiger partial charge in [-0.3, -0.25) is 0 Å². The Morgan fingerprint density at radius 3 is 2.42 bits per heavy atom. The van der Waals surface area contributed by atoms with Crippen LogP contribution in [0.1, 0.15) is 39.5 Å². The Bertz CT molecular complexity index is 121. The van der Waals surface area contributed by atoms with Crippen molar-refractivity contribution in [3.63, 3.8) is 0 Å². The molecule has 0 bridgehead atoms. The van der Waals surface area contributed by atoms with E-state index in [1.807, 2.05) is 0 Å². The average Bonchev–Trinajstić information content (AvgIpc) is 2.55. The summed E-state index contributed by atoms with van der Waals surface area (Å²) >= 11 is 5.79. The third-order valence-corrected chi connectivity index (χ3v) is 3.44. The standard InChI is InChI=1S/C10H20ClN/c1-8(7-11)9(2)12-10-5-3-4-6-10/h8-10,12H,3-7H2,1-2H3. The van der Waals surface area contributed by atoms with Crippen molar-refractivity contribution in [1.29, 1.82) is 0 Å². The van der Waals surface area contributed by atoms with E-state index in [0.29, 0.717) is 12.0 Å². The molecular formula is C10H20ClN. The number of hydrogen-bond acceptors (Lipinski definition) is 1. The van der Waals surface area contributed by atoms with Crippen LogP contribution >= 0.6 is 11.6 Å². The molecule has 1 aliphatic rings. The quantitative estimate of drug-likeness (QED) is 0.671. The van der Waals surface area contributed by atoms with Crippen molar-refractivity contribution in [2.24, 2.45) is 5.92 Å². The number of halogens is 1. The summed E-state index contributed by atoms with van der Waals surface area (Å²) in [6.07, 6.45) is 5.53. The second-order valence-electron chi connectivity index (χ2n) is 4.07. The fourth-order valence-corrected chi connectivity index (χ4v) is 2.03. The number of hydrogen-bond donors (Lipinski definition) is 1. The van der Waals surface area contributed by atoms with Crippen LogP contribution < -0.4 is 5.32 Å². The third-order valence-electron chi connectivity index (χ3n) is 2.95. The van der Waals surface area contributed by atoms with Gasteiger partial charge in [0.25, 0.3) is 0 Å². The molecule has 1 rings (SSSR count). The normalized spacial score (nSPS) is 24.2. The van der Waals surface area contributed by atoms with E-state index >= 15 is 0 Å². The molecule has 0 aromatic heterocycles. The van der Waals surface area contributed by atoms with E-state index in [9.17, 15) is 0 Å². The van der Waals surface area contributed by atoms with E-state index in [-0.39, 0.29) is 0 Å². The zero-order valence-corrected chi connectivity index (χ0v) is 8.90. The van der Waals surface area contributed by atoms with Crippen molar-refractivity contribution in [2.45, 2.75) is 51.6 Å². The van der Waals surface area contributed by atoms with Crippen molar-refractivity contribution >= 4 is 11.6 Å². The van der Waals surface area contributed by atoms with Crippen LogP contribution in [-0.4, -0.2) is 18.0 Å². The van der Waals surface area contributed by atoms with Crippen LogP contribution in [0.5, 0.6) is 0 Å². The van der Waals surface area contributed by atoms with Crippen LogP contribution in [0.2, 0.25) is 0 Å². The molecule has 0 saturated heterocycles. The van der Waals surface area contributed by atoms with E-state index in [2.05, 4.69) is 19.2 Å². The number of nitrogens with one attached hydrogen (secondary N) is 1. The summed E-state index contributed by atoms with van der Waals surface area (Å²) in [6, 6.07) is 1.34. The summed E-state index contributed by atoms with van der Waals surface area (Å²) in [5.74, 6) is 1.35. The van der Waals surface area contributed by atoms with E-state index in [4.69, 9.17) is 11.6 Å². The molecule has 2 atom stereocenters. The van der Waals surface area contributed by atoms with Crippen LogP contribution in [0, 0.1) is 5.92 Å². The summed E-state index contributed by atoms with van der Waals surface area (Å²) in [7, 11) is 0. The van der Waals surface area contributed by atoms with Crippen molar-refractivity contribution in [3.8, 4) is 0 Å². The first-order valence-electron chi connectivity index (χ1n) is 5.06. The summed E-state index contributed by atoms with van der Waals surface area (Å²) in [5, 5.41) is 3.65. The first-order valence-corrected chi connectivity index (χ1v) is 5.59. The molecule has 0 aromatic carbocycles. The topological polar surface area (TPSA) is 12.0 Å². The maximum absolute atomic E-state index is 5.79.